The van der Waals surface area contributed by atoms with Crippen LogP contribution in [0.15, 0.2) is 78.7 Å². The molecule has 2 heteroatoms. The Morgan fingerprint density at radius 1 is 1.07 bits per heavy atom. The Balaban J connectivity index is 5.05. The molecule has 0 aromatic heterocycles. The van der Waals surface area contributed by atoms with Crippen LogP contribution in [0.2, 0.25) is 0 Å². The number of rotatable bonds is 6. The maximum absolute atomic E-state index is 5.34. The Morgan fingerprint density at radius 2 is 1.80 bits per heavy atom. The molecule has 0 atom stereocenters. The largest absolute Gasteiger partial charge is 0.405 e. The van der Waals surface area contributed by atoms with Gasteiger partial charge in [-0.15, -0.1) is 0 Å². The summed E-state index contributed by atoms with van der Waals surface area (Å²) in [6.07, 6.45) is 13.4. The maximum atomic E-state index is 5.34. The first-order valence-corrected chi connectivity index (χ1v) is 4.48. The first kappa shape index (κ1) is 12.9. The highest BCUT2D eigenvalue weighted by molar-refractivity contribution is 5.75. The quantitative estimate of drug-likeness (QED) is 0.519. The molecular weight excluding hydrogens is 184 g/mol. The van der Waals surface area contributed by atoms with Crippen LogP contribution in [0.4, 0.5) is 0 Å². The Bertz CT molecular complexity index is 342. The van der Waals surface area contributed by atoms with Crippen LogP contribution >= 0.6 is 0 Å². The average molecular weight is 200 g/mol. The minimum atomic E-state index is 0.919. The van der Waals surface area contributed by atoms with Gasteiger partial charge in [0.05, 0.1) is 0 Å². The smallest absolute Gasteiger partial charge is 0.0273 e. The van der Waals surface area contributed by atoms with Gasteiger partial charge in [0, 0.05) is 12.4 Å². The molecule has 0 rings (SSSR count). The molecule has 78 valence electrons. The van der Waals surface area contributed by atoms with Gasteiger partial charge in [-0.05, 0) is 29.5 Å². The number of nitrogens with zero attached hydrogens (tertiary/aromatic N) is 1. The molecule has 0 fully saturated rings. The molecule has 15 heavy (non-hydrogen) atoms. The van der Waals surface area contributed by atoms with Crippen molar-refractivity contribution in [2.75, 3.05) is 0 Å². The third kappa shape index (κ3) is 5.26. The molecule has 0 spiro atoms. The van der Waals surface area contributed by atoms with Gasteiger partial charge in [-0.1, -0.05) is 38.0 Å². The topological polar surface area (TPSA) is 38.4 Å². The zero-order valence-electron chi connectivity index (χ0n) is 8.76. The summed E-state index contributed by atoms with van der Waals surface area (Å²) in [4.78, 5) is 3.87. The van der Waals surface area contributed by atoms with Crippen molar-refractivity contribution in [3.8, 4) is 0 Å². The third-order valence-corrected chi connectivity index (χ3v) is 1.57. The van der Waals surface area contributed by atoms with Gasteiger partial charge in [-0.25, -0.2) is 0 Å². The van der Waals surface area contributed by atoms with Gasteiger partial charge in [0.2, 0.25) is 0 Å². The van der Waals surface area contributed by atoms with Crippen molar-refractivity contribution in [1.29, 1.82) is 0 Å². The van der Waals surface area contributed by atoms with Crippen molar-refractivity contribution >= 4 is 6.21 Å². The lowest BCUT2D eigenvalue weighted by molar-refractivity contribution is 1.50. The maximum Gasteiger partial charge on any atom is 0.0273 e. The molecule has 0 aromatic carbocycles. The van der Waals surface area contributed by atoms with Crippen LogP contribution in [0.1, 0.15) is 0 Å². The van der Waals surface area contributed by atoms with Crippen molar-refractivity contribution in [2.24, 2.45) is 10.7 Å². The zero-order chi connectivity index (χ0) is 11.5. The molecule has 2 nitrogen and oxygen atoms in total. The number of nitrogens with two attached hydrogens (primary N) is 1. The highest BCUT2D eigenvalue weighted by Gasteiger charge is 1.94. The van der Waals surface area contributed by atoms with Crippen LogP contribution < -0.4 is 5.73 Å². The summed E-state index contributed by atoms with van der Waals surface area (Å²) < 4.78 is 0. The van der Waals surface area contributed by atoms with Gasteiger partial charge in [0.25, 0.3) is 0 Å². The summed E-state index contributed by atoms with van der Waals surface area (Å²) in [6, 6.07) is 0. The van der Waals surface area contributed by atoms with Gasteiger partial charge in [0.1, 0.15) is 0 Å². The summed E-state index contributed by atoms with van der Waals surface area (Å²) in [6.45, 7) is 10.8. The zero-order valence-corrected chi connectivity index (χ0v) is 8.76. The molecule has 0 aliphatic rings. The Kier molecular flexibility index (Phi) is 7.32. The predicted molar refractivity (Wildman–Crippen MR) is 68.6 cm³/mol. The highest BCUT2D eigenvalue weighted by atomic mass is 14.6. The van der Waals surface area contributed by atoms with Crippen molar-refractivity contribution in [1.82, 2.24) is 0 Å². The molecule has 0 radical (unpaired) electrons. The summed E-state index contributed by atoms with van der Waals surface area (Å²) in [5.74, 6) is 0. The van der Waals surface area contributed by atoms with Gasteiger partial charge in [-0.3, -0.25) is 4.99 Å². The highest BCUT2D eigenvalue weighted by Crippen LogP contribution is 2.11. The number of hydrogen-bond donors (Lipinski definition) is 1. The minimum absolute atomic E-state index is 0.919. The molecule has 0 heterocycles. The van der Waals surface area contributed by atoms with Crippen LogP contribution in [0.3, 0.4) is 0 Å². The molecule has 0 unspecified atom stereocenters. The molecule has 0 bridgehead atoms. The average Bonchev–Trinajstić information content (AvgIpc) is 2.24. The van der Waals surface area contributed by atoms with Crippen molar-refractivity contribution in [2.45, 2.75) is 0 Å². The van der Waals surface area contributed by atoms with Gasteiger partial charge in [0.15, 0.2) is 0 Å². The van der Waals surface area contributed by atoms with E-state index in [1.807, 2.05) is 12.2 Å². The van der Waals surface area contributed by atoms with Crippen LogP contribution in [-0.2, 0) is 0 Å². The van der Waals surface area contributed by atoms with Crippen molar-refractivity contribution in [3.05, 3.63) is 73.7 Å². The van der Waals surface area contributed by atoms with Crippen LogP contribution in [-0.4, -0.2) is 6.21 Å². The summed E-state index contributed by atoms with van der Waals surface area (Å²) >= 11 is 0. The van der Waals surface area contributed by atoms with E-state index in [4.69, 9.17) is 5.73 Å². The van der Waals surface area contributed by atoms with Crippen molar-refractivity contribution < 1.29 is 0 Å². The number of aliphatic imine (C=N–C) groups is 1. The normalized spacial score (nSPS) is 13.3. The van der Waals surface area contributed by atoms with E-state index < -0.39 is 0 Å². The second-order valence-corrected chi connectivity index (χ2v) is 2.52. The fraction of sp³-hybridized carbons (Fsp3) is 0. The first-order chi connectivity index (χ1) is 7.29. The number of hydrogen-bond acceptors (Lipinski definition) is 2. The monoisotopic (exact) mass is 200 g/mol. The Labute approximate surface area is 91.2 Å². The molecule has 0 aliphatic heterocycles. The molecule has 0 aromatic rings. The van der Waals surface area contributed by atoms with Crippen LogP contribution in [0.5, 0.6) is 0 Å². The van der Waals surface area contributed by atoms with E-state index in [2.05, 4.69) is 24.7 Å². The number of allylic oxidation sites excluding steroid dienone is 7. The molecule has 0 saturated carbocycles. The Morgan fingerprint density at radius 3 is 2.27 bits per heavy atom. The fourth-order valence-electron chi connectivity index (χ4n) is 0.945. The van der Waals surface area contributed by atoms with E-state index in [-0.39, 0.29) is 0 Å². The Hall–Kier alpha value is -2.09. The van der Waals surface area contributed by atoms with Crippen LogP contribution in [0, 0.1) is 0 Å². The molecule has 0 amide bonds. The van der Waals surface area contributed by atoms with Gasteiger partial charge < -0.3 is 5.73 Å². The molecule has 2 N–H and O–H groups in total. The van der Waals surface area contributed by atoms with E-state index in [0.717, 1.165) is 11.1 Å². The van der Waals surface area contributed by atoms with E-state index in [0.29, 0.717) is 0 Å². The second-order valence-electron chi connectivity index (χ2n) is 2.52. The molecule has 0 aliphatic carbocycles. The van der Waals surface area contributed by atoms with E-state index >= 15 is 0 Å². The fourth-order valence-corrected chi connectivity index (χ4v) is 0.945. The molecule has 0 saturated heterocycles. The summed E-state index contributed by atoms with van der Waals surface area (Å²) in [7, 11) is 0. The second kappa shape index (κ2) is 8.51. The van der Waals surface area contributed by atoms with Gasteiger partial charge in [-0.2, -0.15) is 0 Å². The summed E-state index contributed by atoms with van der Waals surface area (Å²) in [5.41, 5.74) is 7.19. The van der Waals surface area contributed by atoms with Crippen LogP contribution in [0.25, 0.3) is 0 Å². The third-order valence-electron chi connectivity index (χ3n) is 1.57. The first-order valence-electron chi connectivity index (χ1n) is 4.48. The standard InChI is InChI=1S/C13H16N2/c1-4-7-13(8-10-14)12(5-2)9-11-15-6-3/h4-11H,1-3,14H2/b10-8-,12-9+,13-7+,15-11-. The molecular formula is C13H16N2. The van der Waals surface area contributed by atoms with E-state index in [1.165, 1.54) is 12.4 Å². The lowest BCUT2D eigenvalue weighted by Gasteiger charge is -2.00. The van der Waals surface area contributed by atoms with E-state index in [9.17, 15) is 0 Å². The minimum Gasteiger partial charge on any atom is -0.405 e. The van der Waals surface area contributed by atoms with Gasteiger partial charge >= 0.3 is 0 Å². The van der Waals surface area contributed by atoms with E-state index in [1.54, 1.807) is 24.4 Å². The predicted octanol–water partition coefficient (Wildman–Crippen LogP) is 2.90. The SMILES string of the molecule is C=C/C=C(\C=C/N)C(/C=C)=C/C=N\C=C. The summed E-state index contributed by atoms with van der Waals surface area (Å²) in [5, 5.41) is 0. The van der Waals surface area contributed by atoms with Crippen molar-refractivity contribution in [3.63, 3.8) is 0 Å². The lowest BCUT2D eigenvalue weighted by Crippen LogP contribution is -1.86. The lowest BCUT2D eigenvalue weighted by atomic mass is 10.1.